The number of aldehydes is 1. The van der Waals surface area contributed by atoms with Gasteiger partial charge in [0.25, 0.3) is 0 Å². The van der Waals surface area contributed by atoms with Crippen molar-refractivity contribution in [3.8, 4) is 40.2 Å². The van der Waals surface area contributed by atoms with E-state index in [0.29, 0.717) is 36.2 Å². The number of benzene rings is 3. The molecule has 0 aromatic heterocycles. The van der Waals surface area contributed by atoms with Crippen LogP contribution >= 0.6 is 0 Å². The van der Waals surface area contributed by atoms with Gasteiger partial charge in [0, 0.05) is 11.1 Å². The summed E-state index contributed by atoms with van der Waals surface area (Å²) >= 11 is 0. The van der Waals surface area contributed by atoms with Crippen LogP contribution in [0.5, 0.6) is 17.2 Å². The number of phenols is 1. The molecule has 144 valence electrons. The monoisotopic (exact) mass is 384 g/mol. The van der Waals surface area contributed by atoms with Crippen LogP contribution in [0.2, 0.25) is 0 Å². The molecule has 4 nitrogen and oxygen atoms in total. The maximum atomic E-state index is 11.0. The average Bonchev–Trinajstić information content (AvgIpc) is 2.72. The third-order valence-electron chi connectivity index (χ3n) is 5.01. The Bertz CT molecular complexity index is 1140. The lowest BCUT2D eigenvalue weighted by Gasteiger charge is -2.19. The van der Waals surface area contributed by atoms with Crippen LogP contribution in [0.4, 0.5) is 0 Å². The quantitative estimate of drug-likeness (QED) is 0.516. The Kier molecular flexibility index (Phi) is 4.97. The van der Waals surface area contributed by atoms with Crippen LogP contribution in [0.1, 0.15) is 32.6 Å². The molecule has 0 aliphatic carbocycles. The lowest BCUT2D eigenvalue weighted by molar-refractivity contribution is 0.112. The second-order valence-electron chi connectivity index (χ2n) is 6.93. The predicted molar refractivity (Wildman–Crippen MR) is 112 cm³/mol. The van der Waals surface area contributed by atoms with E-state index < -0.39 is 0 Å². The van der Waals surface area contributed by atoms with Crippen LogP contribution in [-0.2, 0) is 0 Å². The fourth-order valence-electron chi connectivity index (χ4n) is 3.44. The van der Waals surface area contributed by atoms with Gasteiger partial charge in [0.2, 0.25) is 0 Å². The third-order valence-corrected chi connectivity index (χ3v) is 5.01. The number of hydrogen-bond acceptors (Lipinski definition) is 4. The molecule has 0 fully saturated rings. The maximum Gasteiger partial charge on any atom is 0.161 e. The zero-order valence-corrected chi connectivity index (χ0v) is 16.3. The zero-order valence-electron chi connectivity index (χ0n) is 16.3. The summed E-state index contributed by atoms with van der Waals surface area (Å²) < 4.78 is 11.3. The number of carbonyl (C=O) groups excluding carboxylic acids is 1. The normalized spacial score (nSPS) is 12.1. The van der Waals surface area contributed by atoms with E-state index in [1.807, 2.05) is 37.3 Å². The van der Waals surface area contributed by atoms with Crippen LogP contribution in [0, 0.1) is 25.7 Å². The van der Waals surface area contributed by atoms with Crippen LogP contribution in [-0.4, -0.2) is 24.6 Å². The Morgan fingerprint density at radius 3 is 2.52 bits per heavy atom. The van der Waals surface area contributed by atoms with Crippen molar-refractivity contribution in [3.05, 3.63) is 76.3 Å². The van der Waals surface area contributed by atoms with E-state index in [-0.39, 0.29) is 5.75 Å². The highest BCUT2D eigenvalue weighted by Gasteiger charge is 2.14. The molecule has 0 atom stereocenters. The largest absolute Gasteiger partial charge is 0.507 e. The third kappa shape index (κ3) is 3.68. The standard InChI is InChI=1S/C25H20O4/c1-16-12-18(13-23(27)22(16)15-26)6-7-19-4-3-5-21(17(19)2)20-8-9-24-25(14-20)29-11-10-28-24/h3-5,8-9,12-15,27H,10-11H2,1-2H3. The van der Waals surface area contributed by atoms with E-state index in [2.05, 4.69) is 17.9 Å². The number of phenolic OH excluding ortho intramolecular Hbond substituents is 1. The molecule has 0 amide bonds. The number of hydrogen-bond donors (Lipinski definition) is 1. The fraction of sp³-hybridized carbons (Fsp3) is 0.160. The molecule has 0 bridgehead atoms. The van der Waals surface area contributed by atoms with Crippen molar-refractivity contribution in [2.45, 2.75) is 13.8 Å². The summed E-state index contributed by atoms with van der Waals surface area (Å²) in [5.74, 6) is 7.75. The molecule has 1 aliphatic heterocycles. The highest BCUT2D eigenvalue weighted by atomic mass is 16.6. The van der Waals surface area contributed by atoms with Gasteiger partial charge in [-0.1, -0.05) is 30.0 Å². The minimum Gasteiger partial charge on any atom is -0.507 e. The number of ether oxygens (including phenoxy) is 2. The summed E-state index contributed by atoms with van der Waals surface area (Å²) in [6.45, 7) is 4.94. The number of aromatic hydroxyl groups is 1. The van der Waals surface area contributed by atoms with Crippen LogP contribution in [0.25, 0.3) is 11.1 Å². The summed E-state index contributed by atoms with van der Waals surface area (Å²) in [7, 11) is 0. The molecule has 0 unspecified atom stereocenters. The fourth-order valence-corrected chi connectivity index (χ4v) is 3.44. The summed E-state index contributed by atoms with van der Waals surface area (Å²) in [5.41, 5.74) is 5.73. The molecule has 4 rings (SSSR count). The lowest BCUT2D eigenvalue weighted by Crippen LogP contribution is -2.15. The van der Waals surface area contributed by atoms with Crippen molar-refractivity contribution in [1.82, 2.24) is 0 Å². The molecule has 0 saturated heterocycles. The van der Waals surface area contributed by atoms with Crippen LogP contribution in [0.15, 0.2) is 48.5 Å². The van der Waals surface area contributed by atoms with Gasteiger partial charge in [0.05, 0.1) is 5.56 Å². The molecule has 4 heteroatoms. The maximum absolute atomic E-state index is 11.0. The topological polar surface area (TPSA) is 55.8 Å². The van der Waals surface area contributed by atoms with E-state index in [1.165, 1.54) is 6.07 Å². The number of carbonyl (C=O) groups is 1. The SMILES string of the molecule is Cc1cc(C#Cc2cccc(-c3ccc4c(c3)OCCO4)c2C)cc(O)c1C=O. The van der Waals surface area contributed by atoms with Gasteiger partial charge < -0.3 is 14.6 Å². The van der Waals surface area contributed by atoms with Crippen molar-refractivity contribution in [2.75, 3.05) is 13.2 Å². The molecular weight excluding hydrogens is 364 g/mol. The number of aryl methyl sites for hydroxylation is 1. The highest BCUT2D eigenvalue weighted by molar-refractivity contribution is 5.82. The molecule has 3 aromatic carbocycles. The smallest absolute Gasteiger partial charge is 0.161 e. The van der Waals surface area contributed by atoms with Gasteiger partial charge in [0.1, 0.15) is 19.0 Å². The number of rotatable bonds is 2. The molecule has 1 heterocycles. The molecule has 0 saturated carbocycles. The van der Waals surface area contributed by atoms with Crippen molar-refractivity contribution in [1.29, 1.82) is 0 Å². The van der Waals surface area contributed by atoms with Crippen molar-refractivity contribution < 1.29 is 19.4 Å². The van der Waals surface area contributed by atoms with Gasteiger partial charge in [-0.3, -0.25) is 4.79 Å². The lowest BCUT2D eigenvalue weighted by atomic mass is 9.96. The molecule has 0 radical (unpaired) electrons. The Labute approximate surface area is 169 Å². The van der Waals surface area contributed by atoms with Gasteiger partial charge >= 0.3 is 0 Å². The van der Waals surface area contributed by atoms with Crippen LogP contribution in [0.3, 0.4) is 0 Å². The molecule has 3 aromatic rings. The second-order valence-corrected chi connectivity index (χ2v) is 6.93. The minimum atomic E-state index is -0.0500. The Morgan fingerprint density at radius 2 is 1.76 bits per heavy atom. The van der Waals surface area contributed by atoms with Crippen molar-refractivity contribution in [3.63, 3.8) is 0 Å². The van der Waals surface area contributed by atoms with Gasteiger partial charge in [-0.05, 0) is 66.4 Å². The van der Waals surface area contributed by atoms with Gasteiger partial charge in [-0.2, -0.15) is 0 Å². The van der Waals surface area contributed by atoms with Gasteiger partial charge in [-0.25, -0.2) is 0 Å². The number of fused-ring (bicyclic) bond motifs is 1. The molecule has 0 spiro atoms. The average molecular weight is 384 g/mol. The summed E-state index contributed by atoms with van der Waals surface area (Å²) in [6, 6.07) is 15.3. The second kappa shape index (κ2) is 7.73. The van der Waals surface area contributed by atoms with Crippen molar-refractivity contribution in [2.24, 2.45) is 0 Å². The highest BCUT2D eigenvalue weighted by Crippen LogP contribution is 2.36. The van der Waals surface area contributed by atoms with Crippen molar-refractivity contribution >= 4 is 6.29 Å². The van der Waals surface area contributed by atoms with E-state index in [9.17, 15) is 9.90 Å². The Morgan fingerprint density at radius 1 is 0.966 bits per heavy atom. The first-order valence-corrected chi connectivity index (χ1v) is 9.37. The van der Waals surface area contributed by atoms with Gasteiger partial charge in [0.15, 0.2) is 17.8 Å². The molecule has 1 aliphatic rings. The molecule has 29 heavy (non-hydrogen) atoms. The first kappa shape index (κ1) is 18.6. The van der Waals surface area contributed by atoms with E-state index in [4.69, 9.17) is 9.47 Å². The summed E-state index contributed by atoms with van der Waals surface area (Å²) in [5, 5.41) is 9.99. The first-order valence-electron chi connectivity index (χ1n) is 9.37. The zero-order chi connectivity index (χ0) is 20.4. The van der Waals surface area contributed by atoms with E-state index >= 15 is 0 Å². The van der Waals surface area contributed by atoms with Crippen LogP contribution < -0.4 is 9.47 Å². The summed E-state index contributed by atoms with van der Waals surface area (Å²) in [4.78, 5) is 11.0. The first-order chi connectivity index (χ1) is 14.1. The summed E-state index contributed by atoms with van der Waals surface area (Å²) in [6.07, 6.45) is 0.656. The Balaban J connectivity index is 1.70. The Hall–Kier alpha value is -3.71. The minimum absolute atomic E-state index is 0.0500. The predicted octanol–water partition coefficient (Wildman–Crippen LogP) is 4.66. The molecule has 1 N–H and O–H groups in total. The van der Waals surface area contributed by atoms with E-state index in [1.54, 1.807) is 13.0 Å². The van der Waals surface area contributed by atoms with Gasteiger partial charge in [-0.15, -0.1) is 0 Å². The molecular formula is C25H20O4. The van der Waals surface area contributed by atoms with E-state index in [0.717, 1.165) is 33.8 Å².